The van der Waals surface area contributed by atoms with Gasteiger partial charge in [-0.25, -0.2) is 0 Å². The van der Waals surface area contributed by atoms with Crippen LogP contribution in [-0.4, -0.2) is 43.4 Å². The van der Waals surface area contributed by atoms with Crippen LogP contribution in [0, 0.1) is 0 Å². The minimum atomic E-state index is -4.49. The van der Waals surface area contributed by atoms with E-state index >= 15 is 0 Å². The molecule has 0 radical (unpaired) electrons. The number of rotatable bonds is 3. The summed E-state index contributed by atoms with van der Waals surface area (Å²) in [5.41, 5.74) is -1.09. The van der Waals surface area contributed by atoms with Crippen molar-refractivity contribution in [1.29, 1.82) is 0 Å². The Kier molecular flexibility index (Phi) is 4.77. The zero-order valence-corrected chi connectivity index (χ0v) is 11.0. The van der Waals surface area contributed by atoms with Crippen LogP contribution in [0.4, 0.5) is 13.2 Å². The molecule has 110 valence electrons. The lowest BCUT2D eigenvalue weighted by molar-refractivity contribution is -0.137. The molecule has 0 unspecified atom stereocenters. The van der Waals surface area contributed by atoms with E-state index in [9.17, 15) is 18.0 Å². The lowest BCUT2D eigenvalue weighted by Crippen LogP contribution is -2.33. The van der Waals surface area contributed by atoms with Crippen LogP contribution < -0.4 is 5.32 Å². The summed E-state index contributed by atoms with van der Waals surface area (Å²) in [6.45, 7) is 3.08. The number of carbonyl (C=O) groups is 1. The zero-order chi connectivity index (χ0) is 14.6. The predicted octanol–water partition coefficient (Wildman–Crippen LogP) is 2.18. The number of nitrogens with zero attached hydrogens (tertiary/aromatic N) is 1. The van der Waals surface area contributed by atoms with Crippen molar-refractivity contribution < 1.29 is 18.0 Å². The van der Waals surface area contributed by atoms with Crippen molar-refractivity contribution in [2.24, 2.45) is 0 Å². The minimum Gasteiger partial charge on any atom is -0.315 e. The zero-order valence-electron chi connectivity index (χ0n) is 11.0. The molecule has 20 heavy (non-hydrogen) atoms. The fourth-order valence-electron chi connectivity index (χ4n) is 2.32. The molecule has 6 heteroatoms. The van der Waals surface area contributed by atoms with Crippen molar-refractivity contribution in [1.82, 2.24) is 10.2 Å². The summed E-state index contributed by atoms with van der Waals surface area (Å²) < 4.78 is 38.6. The molecule has 2 rings (SSSR count). The van der Waals surface area contributed by atoms with Crippen LogP contribution in [0.1, 0.15) is 22.3 Å². The topological polar surface area (TPSA) is 32.3 Å². The average molecular weight is 286 g/mol. The highest BCUT2D eigenvalue weighted by atomic mass is 19.4. The van der Waals surface area contributed by atoms with Crippen molar-refractivity contribution in [3.8, 4) is 0 Å². The maximum absolute atomic E-state index is 12.9. The Balaban J connectivity index is 2.13. The van der Waals surface area contributed by atoms with Crippen LogP contribution in [0.2, 0.25) is 0 Å². The molecule has 1 N–H and O–H groups in total. The van der Waals surface area contributed by atoms with Gasteiger partial charge in [0.2, 0.25) is 0 Å². The molecule has 1 aromatic carbocycles. The molecule has 3 nitrogen and oxygen atoms in total. The second kappa shape index (κ2) is 6.37. The number of nitrogens with one attached hydrogen (secondary N) is 1. The Hall–Kier alpha value is -1.40. The SMILES string of the molecule is O=C(CN1CCCNCC1)c1ccccc1C(F)(F)F. The summed E-state index contributed by atoms with van der Waals surface area (Å²) in [5, 5.41) is 3.19. The van der Waals surface area contributed by atoms with Gasteiger partial charge in [0, 0.05) is 18.7 Å². The molecule has 0 atom stereocenters. The largest absolute Gasteiger partial charge is 0.417 e. The summed E-state index contributed by atoms with van der Waals surface area (Å²) >= 11 is 0. The number of Topliss-reactive ketones (excluding diaryl/α,β-unsaturated/α-hetero) is 1. The highest BCUT2D eigenvalue weighted by Gasteiger charge is 2.34. The van der Waals surface area contributed by atoms with Gasteiger partial charge in [-0.1, -0.05) is 18.2 Å². The molecule has 0 aliphatic carbocycles. The van der Waals surface area contributed by atoms with E-state index in [1.807, 2.05) is 4.90 Å². The quantitative estimate of drug-likeness (QED) is 0.864. The monoisotopic (exact) mass is 286 g/mol. The summed E-state index contributed by atoms with van der Waals surface area (Å²) in [4.78, 5) is 14.0. The summed E-state index contributed by atoms with van der Waals surface area (Å²) in [6, 6.07) is 4.97. The lowest BCUT2D eigenvalue weighted by Gasteiger charge is -2.19. The van der Waals surface area contributed by atoms with E-state index in [1.165, 1.54) is 18.2 Å². The number of hydrogen-bond donors (Lipinski definition) is 1. The van der Waals surface area contributed by atoms with Crippen LogP contribution in [0.15, 0.2) is 24.3 Å². The third-order valence-electron chi connectivity index (χ3n) is 3.33. The van der Waals surface area contributed by atoms with E-state index < -0.39 is 17.5 Å². The summed E-state index contributed by atoms with van der Waals surface area (Å²) in [7, 11) is 0. The molecule has 0 bridgehead atoms. The smallest absolute Gasteiger partial charge is 0.315 e. The third kappa shape index (κ3) is 3.80. The van der Waals surface area contributed by atoms with Crippen molar-refractivity contribution in [3.63, 3.8) is 0 Å². The van der Waals surface area contributed by atoms with Crippen LogP contribution in [0.25, 0.3) is 0 Å². The summed E-state index contributed by atoms with van der Waals surface area (Å²) in [6.07, 6.45) is -3.60. The molecule has 0 aromatic heterocycles. The van der Waals surface area contributed by atoms with E-state index in [-0.39, 0.29) is 12.1 Å². The number of benzene rings is 1. The Morgan fingerprint density at radius 2 is 1.95 bits per heavy atom. The Bertz CT molecular complexity index is 466. The van der Waals surface area contributed by atoms with Gasteiger partial charge >= 0.3 is 6.18 Å². The highest BCUT2D eigenvalue weighted by Crippen LogP contribution is 2.32. The standard InChI is InChI=1S/C14H17F3N2O/c15-14(16,17)12-5-2-1-4-11(12)13(20)10-19-8-3-6-18-7-9-19/h1-2,4-5,18H,3,6-10H2. The Morgan fingerprint density at radius 1 is 1.20 bits per heavy atom. The second-order valence-electron chi connectivity index (χ2n) is 4.85. The van der Waals surface area contributed by atoms with Gasteiger partial charge < -0.3 is 5.32 Å². The molecule has 1 aliphatic rings. The van der Waals surface area contributed by atoms with Gasteiger partial charge in [-0.05, 0) is 25.6 Å². The predicted molar refractivity (Wildman–Crippen MR) is 69.7 cm³/mol. The molecular formula is C14H17F3N2O. The molecule has 1 aliphatic heterocycles. The molecule has 0 spiro atoms. The van der Waals surface area contributed by atoms with Crippen LogP contribution in [-0.2, 0) is 6.18 Å². The first-order valence-electron chi connectivity index (χ1n) is 6.61. The lowest BCUT2D eigenvalue weighted by atomic mass is 10.0. The van der Waals surface area contributed by atoms with E-state index in [2.05, 4.69) is 5.32 Å². The molecule has 0 saturated carbocycles. The van der Waals surface area contributed by atoms with Crippen molar-refractivity contribution in [2.45, 2.75) is 12.6 Å². The Labute approximate surface area is 115 Å². The van der Waals surface area contributed by atoms with Gasteiger partial charge in [0.15, 0.2) is 5.78 Å². The number of ketones is 1. The number of halogens is 3. The van der Waals surface area contributed by atoms with Crippen LogP contribution in [0.5, 0.6) is 0 Å². The summed E-state index contributed by atoms with van der Waals surface area (Å²) in [5.74, 6) is -0.472. The number of alkyl halides is 3. The van der Waals surface area contributed by atoms with E-state index in [4.69, 9.17) is 0 Å². The van der Waals surface area contributed by atoms with Gasteiger partial charge in [0.05, 0.1) is 12.1 Å². The van der Waals surface area contributed by atoms with Crippen LogP contribution in [0.3, 0.4) is 0 Å². The van der Waals surface area contributed by atoms with Gasteiger partial charge in [-0.15, -0.1) is 0 Å². The molecule has 1 fully saturated rings. The van der Waals surface area contributed by atoms with Crippen molar-refractivity contribution in [2.75, 3.05) is 32.7 Å². The second-order valence-corrected chi connectivity index (χ2v) is 4.85. The number of carbonyl (C=O) groups excluding carboxylic acids is 1. The molecule has 1 aromatic rings. The molecule has 1 heterocycles. The maximum Gasteiger partial charge on any atom is 0.417 e. The first kappa shape index (κ1) is 15.0. The minimum absolute atomic E-state index is 0.0365. The molecule has 1 saturated heterocycles. The van der Waals surface area contributed by atoms with E-state index in [0.29, 0.717) is 6.54 Å². The van der Waals surface area contributed by atoms with Gasteiger partial charge in [-0.3, -0.25) is 9.69 Å². The van der Waals surface area contributed by atoms with Gasteiger partial charge in [-0.2, -0.15) is 13.2 Å². The first-order chi connectivity index (χ1) is 9.48. The fourth-order valence-corrected chi connectivity index (χ4v) is 2.32. The fraction of sp³-hybridized carbons (Fsp3) is 0.500. The molecule has 0 amide bonds. The van der Waals surface area contributed by atoms with Gasteiger partial charge in [0.1, 0.15) is 0 Å². The third-order valence-corrected chi connectivity index (χ3v) is 3.33. The van der Waals surface area contributed by atoms with E-state index in [0.717, 1.165) is 32.1 Å². The average Bonchev–Trinajstić information content (AvgIpc) is 2.66. The van der Waals surface area contributed by atoms with Gasteiger partial charge in [0.25, 0.3) is 0 Å². The first-order valence-corrected chi connectivity index (χ1v) is 6.61. The number of hydrogen-bond acceptors (Lipinski definition) is 3. The maximum atomic E-state index is 12.9. The normalized spacial score (nSPS) is 17.8. The molecular weight excluding hydrogens is 269 g/mol. The highest BCUT2D eigenvalue weighted by molar-refractivity contribution is 5.99. The van der Waals surface area contributed by atoms with E-state index in [1.54, 1.807) is 0 Å². The van der Waals surface area contributed by atoms with Crippen molar-refractivity contribution in [3.05, 3.63) is 35.4 Å². The Morgan fingerprint density at radius 3 is 2.70 bits per heavy atom. The van der Waals surface area contributed by atoms with Crippen molar-refractivity contribution >= 4 is 5.78 Å². The van der Waals surface area contributed by atoms with Crippen LogP contribution >= 0.6 is 0 Å².